The third kappa shape index (κ3) is 4.25. The van der Waals surface area contributed by atoms with E-state index in [1.165, 1.54) is 31.3 Å². The van der Waals surface area contributed by atoms with Crippen molar-refractivity contribution < 1.29 is 8.83 Å². The second-order valence-electron chi connectivity index (χ2n) is 12.0. The zero-order valence-electron chi connectivity index (χ0n) is 25.6. The van der Waals surface area contributed by atoms with E-state index < -0.39 is 0 Å². The highest BCUT2D eigenvalue weighted by Crippen LogP contribution is 2.48. The lowest BCUT2D eigenvalue weighted by atomic mass is 10.0. The average molecular weight is 635 g/mol. The summed E-state index contributed by atoms with van der Waals surface area (Å²) in [6, 6.07) is 55.0. The average Bonchev–Trinajstić information content (AvgIpc) is 3.85. The third-order valence-corrected chi connectivity index (χ3v) is 10.3. The number of aromatic nitrogens is 1. The van der Waals surface area contributed by atoms with Gasteiger partial charge in [0, 0.05) is 38.2 Å². The molecule has 0 amide bonds. The normalized spacial score (nSPS) is 11.8. The molecule has 0 fully saturated rings. The SMILES string of the molecule is c1ccc(-c2ccc(N(c3cccc4c3sc3ccccc34)c3cccc4oc5cc6oc(-c7ccccc7)nc6cc5c34)cc2)cc1. The lowest BCUT2D eigenvalue weighted by Crippen LogP contribution is -2.10. The number of anilines is 3. The summed E-state index contributed by atoms with van der Waals surface area (Å²) in [5, 5.41) is 4.55. The molecule has 0 unspecified atom stereocenters. The van der Waals surface area contributed by atoms with Gasteiger partial charge in [0.05, 0.1) is 21.5 Å². The van der Waals surface area contributed by atoms with Gasteiger partial charge in [-0.3, -0.25) is 0 Å². The molecule has 5 heteroatoms. The maximum Gasteiger partial charge on any atom is 0.227 e. The largest absolute Gasteiger partial charge is 0.456 e. The Bertz CT molecular complexity index is 2780. The zero-order valence-corrected chi connectivity index (χ0v) is 26.4. The second kappa shape index (κ2) is 10.7. The Hall–Kier alpha value is -6.17. The Balaban J connectivity index is 1.22. The number of benzene rings is 7. The Morgan fingerprint density at radius 1 is 0.479 bits per heavy atom. The molecule has 0 aliphatic heterocycles. The summed E-state index contributed by atoms with van der Waals surface area (Å²) in [4.78, 5) is 7.27. The van der Waals surface area contributed by atoms with Gasteiger partial charge < -0.3 is 13.7 Å². The van der Waals surface area contributed by atoms with Gasteiger partial charge in [-0.2, -0.15) is 0 Å². The van der Waals surface area contributed by atoms with Crippen molar-refractivity contribution in [2.24, 2.45) is 0 Å². The van der Waals surface area contributed by atoms with Crippen molar-refractivity contribution in [2.45, 2.75) is 0 Å². The van der Waals surface area contributed by atoms with Gasteiger partial charge in [-0.05, 0) is 65.7 Å². The summed E-state index contributed by atoms with van der Waals surface area (Å²) >= 11 is 1.83. The van der Waals surface area contributed by atoms with Gasteiger partial charge in [0.2, 0.25) is 5.89 Å². The van der Waals surface area contributed by atoms with Crippen LogP contribution >= 0.6 is 11.3 Å². The molecule has 4 nitrogen and oxygen atoms in total. The molecule has 10 aromatic rings. The van der Waals surface area contributed by atoms with Crippen LogP contribution in [0.15, 0.2) is 167 Å². The van der Waals surface area contributed by atoms with Crippen molar-refractivity contribution in [2.75, 3.05) is 4.90 Å². The van der Waals surface area contributed by atoms with Crippen LogP contribution in [0.3, 0.4) is 0 Å². The fourth-order valence-electron chi connectivity index (χ4n) is 6.87. The van der Waals surface area contributed by atoms with E-state index in [9.17, 15) is 0 Å². The molecule has 0 saturated heterocycles. The lowest BCUT2D eigenvalue weighted by molar-refractivity contribution is 0.617. The number of oxazole rings is 1. The van der Waals surface area contributed by atoms with Gasteiger partial charge in [0.1, 0.15) is 16.7 Å². The molecular weight excluding hydrogens is 609 g/mol. The van der Waals surface area contributed by atoms with Crippen LogP contribution in [0.2, 0.25) is 0 Å². The van der Waals surface area contributed by atoms with Gasteiger partial charge >= 0.3 is 0 Å². The maximum atomic E-state index is 6.54. The van der Waals surface area contributed by atoms with Crippen molar-refractivity contribution >= 4 is 81.6 Å². The van der Waals surface area contributed by atoms with Crippen molar-refractivity contribution in [3.63, 3.8) is 0 Å². The predicted octanol–water partition coefficient (Wildman–Crippen LogP) is 12.9. The van der Waals surface area contributed by atoms with Crippen LogP contribution in [0.5, 0.6) is 0 Å². The first-order valence-corrected chi connectivity index (χ1v) is 16.8. The molecule has 3 heterocycles. The minimum atomic E-state index is 0.597. The smallest absolute Gasteiger partial charge is 0.227 e. The van der Waals surface area contributed by atoms with Crippen LogP contribution in [-0.4, -0.2) is 4.98 Å². The molecule has 0 aliphatic carbocycles. The van der Waals surface area contributed by atoms with Crippen molar-refractivity contribution in [3.05, 3.63) is 158 Å². The first-order chi connectivity index (χ1) is 23.8. The fourth-order valence-corrected chi connectivity index (χ4v) is 8.08. The van der Waals surface area contributed by atoms with Crippen LogP contribution in [0.1, 0.15) is 0 Å². The number of rotatable bonds is 5. The molecule has 0 spiro atoms. The van der Waals surface area contributed by atoms with E-state index in [4.69, 9.17) is 13.8 Å². The Labute approximate surface area is 279 Å². The molecule has 3 aromatic heterocycles. The molecule has 48 heavy (non-hydrogen) atoms. The van der Waals surface area contributed by atoms with Crippen LogP contribution < -0.4 is 4.90 Å². The maximum absolute atomic E-state index is 6.54. The lowest BCUT2D eigenvalue weighted by Gasteiger charge is -2.27. The van der Waals surface area contributed by atoms with Crippen LogP contribution in [0.25, 0.3) is 75.8 Å². The first kappa shape index (κ1) is 27.0. The van der Waals surface area contributed by atoms with Crippen molar-refractivity contribution in [1.29, 1.82) is 0 Å². The Kier molecular flexibility index (Phi) is 6.01. The monoisotopic (exact) mass is 634 g/mol. The first-order valence-electron chi connectivity index (χ1n) is 16.0. The van der Waals surface area contributed by atoms with E-state index in [1.54, 1.807) is 0 Å². The number of thiophene rings is 1. The quantitative estimate of drug-likeness (QED) is 0.189. The molecule has 7 aromatic carbocycles. The molecular formula is C43H26N2O2S. The highest BCUT2D eigenvalue weighted by atomic mass is 32.1. The number of furan rings is 1. The van der Waals surface area contributed by atoms with Gasteiger partial charge in [0.15, 0.2) is 5.58 Å². The molecule has 226 valence electrons. The second-order valence-corrected chi connectivity index (χ2v) is 13.0. The van der Waals surface area contributed by atoms with E-state index >= 15 is 0 Å². The van der Waals surface area contributed by atoms with Crippen LogP contribution in [-0.2, 0) is 0 Å². The zero-order chi connectivity index (χ0) is 31.6. The van der Waals surface area contributed by atoms with E-state index in [1.807, 2.05) is 53.8 Å². The number of fused-ring (bicyclic) bond motifs is 7. The van der Waals surface area contributed by atoms with E-state index in [0.29, 0.717) is 11.5 Å². The standard InChI is InChI=1S/C43H26N2O2S/c1-3-11-27(12-4-1)28-21-23-30(24-22-28)45(36-18-9-16-32-31-15-7-8-20-40(31)48-42(32)36)35-17-10-19-37-41(35)33-25-34-39(26-38(33)46-37)47-43(44-34)29-13-5-2-6-14-29/h1-26H. The fraction of sp³-hybridized carbons (Fsp3) is 0. The summed E-state index contributed by atoms with van der Waals surface area (Å²) in [5.74, 6) is 0.597. The topological polar surface area (TPSA) is 42.4 Å². The summed E-state index contributed by atoms with van der Waals surface area (Å²) < 4.78 is 15.3. The third-order valence-electron chi connectivity index (χ3n) is 9.10. The number of nitrogens with zero attached hydrogens (tertiary/aromatic N) is 2. The van der Waals surface area contributed by atoms with E-state index in [0.717, 1.165) is 50.1 Å². The minimum Gasteiger partial charge on any atom is -0.456 e. The minimum absolute atomic E-state index is 0.597. The molecule has 0 bridgehead atoms. The highest BCUT2D eigenvalue weighted by Gasteiger charge is 2.23. The number of hydrogen-bond donors (Lipinski definition) is 0. The summed E-state index contributed by atoms with van der Waals surface area (Å²) in [5.41, 5.74) is 9.60. The van der Waals surface area contributed by atoms with Gasteiger partial charge in [-0.25, -0.2) is 4.98 Å². The van der Waals surface area contributed by atoms with E-state index in [2.05, 4.69) is 120 Å². The van der Waals surface area contributed by atoms with Crippen LogP contribution in [0, 0.1) is 0 Å². The molecule has 0 radical (unpaired) electrons. The predicted molar refractivity (Wildman–Crippen MR) is 200 cm³/mol. The molecule has 0 aliphatic rings. The summed E-state index contributed by atoms with van der Waals surface area (Å²) in [7, 11) is 0. The Morgan fingerprint density at radius 2 is 1.17 bits per heavy atom. The molecule has 0 saturated carbocycles. The summed E-state index contributed by atoms with van der Waals surface area (Å²) in [6.07, 6.45) is 0. The van der Waals surface area contributed by atoms with Gasteiger partial charge in [-0.15, -0.1) is 11.3 Å². The molecule has 10 rings (SSSR count). The molecule has 0 N–H and O–H groups in total. The highest BCUT2D eigenvalue weighted by molar-refractivity contribution is 7.26. The van der Waals surface area contributed by atoms with Crippen molar-refractivity contribution in [1.82, 2.24) is 4.98 Å². The number of hydrogen-bond acceptors (Lipinski definition) is 5. The van der Waals surface area contributed by atoms with Crippen molar-refractivity contribution in [3.8, 4) is 22.6 Å². The summed E-state index contributed by atoms with van der Waals surface area (Å²) in [6.45, 7) is 0. The van der Waals surface area contributed by atoms with E-state index in [-0.39, 0.29) is 0 Å². The van der Waals surface area contributed by atoms with Gasteiger partial charge in [-0.1, -0.05) is 97.1 Å². The van der Waals surface area contributed by atoms with Gasteiger partial charge in [0.25, 0.3) is 0 Å². The Morgan fingerprint density at radius 3 is 2.00 bits per heavy atom. The molecule has 0 atom stereocenters. The van der Waals surface area contributed by atoms with Crippen LogP contribution in [0.4, 0.5) is 17.1 Å².